The van der Waals surface area contributed by atoms with Crippen molar-refractivity contribution in [3.05, 3.63) is 50.8 Å². The van der Waals surface area contributed by atoms with Gasteiger partial charge in [-0.05, 0) is 61.6 Å². The fourth-order valence-corrected chi connectivity index (χ4v) is 2.10. The molecule has 0 aliphatic rings. The van der Waals surface area contributed by atoms with Gasteiger partial charge in [-0.25, -0.2) is 4.79 Å². The highest BCUT2D eigenvalue weighted by atomic mass is 16.5. The van der Waals surface area contributed by atoms with Crippen LogP contribution in [0.5, 0.6) is 0 Å². The molecule has 0 aliphatic carbocycles. The molecule has 112 valence electrons. The highest BCUT2D eigenvalue weighted by Gasteiger charge is 2.11. The van der Waals surface area contributed by atoms with Crippen LogP contribution in [0.25, 0.3) is 17.0 Å². The van der Waals surface area contributed by atoms with E-state index in [4.69, 9.17) is 10.00 Å². The van der Waals surface area contributed by atoms with Crippen LogP contribution in [0.4, 0.5) is 0 Å². The summed E-state index contributed by atoms with van der Waals surface area (Å²) in [6.07, 6.45) is 1.26. The second kappa shape index (κ2) is 6.27. The molecule has 1 heterocycles. The first kappa shape index (κ1) is 15.5. The minimum absolute atomic E-state index is 0.171. The SMILES string of the molecule is CCOC(=O)/C(C#N)=C/c1cc2cc(C)c(C)cc2[nH]c1=O. The number of esters is 1. The molecule has 0 saturated carbocycles. The number of aromatic amines is 1. The molecule has 1 N–H and O–H groups in total. The summed E-state index contributed by atoms with van der Waals surface area (Å²) in [5.41, 5.74) is 2.60. The summed E-state index contributed by atoms with van der Waals surface area (Å²) in [4.78, 5) is 26.5. The first-order valence-electron chi connectivity index (χ1n) is 6.89. The summed E-state index contributed by atoms with van der Waals surface area (Å²) in [6, 6.07) is 7.28. The van der Waals surface area contributed by atoms with Crippen LogP contribution in [0.2, 0.25) is 0 Å². The normalized spacial score (nSPS) is 11.3. The number of hydrogen-bond acceptors (Lipinski definition) is 4. The molecule has 0 spiro atoms. The topological polar surface area (TPSA) is 82.9 Å². The molecule has 0 aliphatic heterocycles. The van der Waals surface area contributed by atoms with Gasteiger partial charge < -0.3 is 9.72 Å². The minimum Gasteiger partial charge on any atom is -0.462 e. The number of benzene rings is 1. The van der Waals surface area contributed by atoms with E-state index in [9.17, 15) is 9.59 Å². The monoisotopic (exact) mass is 296 g/mol. The van der Waals surface area contributed by atoms with Gasteiger partial charge >= 0.3 is 5.97 Å². The lowest BCUT2D eigenvalue weighted by Crippen LogP contribution is -2.12. The molecule has 5 heteroatoms. The van der Waals surface area contributed by atoms with E-state index in [1.807, 2.05) is 26.0 Å². The Kier molecular flexibility index (Phi) is 4.42. The van der Waals surface area contributed by atoms with Gasteiger partial charge in [0.05, 0.1) is 6.61 Å². The summed E-state index contributed by atoms with van der Waals surface area (Å²) >= 11 is 0. The lowest BCUT2D eigenvalue weighted by atomic mass is 10.0. The highest BCUT2D eigenvalue weighted by Crippen LogP contribution is 2.18. The van der Waals surface area contributed by atoms with Gasteiger partial charge in [0.2, 0.25) is 0 Å². The zero-order valence-electron chi connectivity index (χ0n) is 12.7. The number of rotatable bonds is 3. The smallest absolute Gasteiger partial charge is 0.348 e. The summed E-state index contributed by atoms with van der Waals surface area (Å²) in [5.74, 6) is -0.732. The van der Waals surface area contributed by atoms with Crippen molar-refractivity contribution < 1.29 is 9.53 Å². The molecule has 5 nitrogen and oxygen atoms in total. The maximum atomic E-state index is 12.1. The van der Waals surface area contributed by atoms with Crippen molar-refractivity contribution in [1.29, 1.82) is 5.26 Å². The van der Waals surface area contributed by atoms with Crippen LogP contribution in [0.1, 0.15) is 23.6 Å². The maximum Gasteiger partial charge on any atom is 0.348 e. The average Bonchev–Trinajstić information content (AvgIpc) is 2.47. The number of carbonyl (C=O) groups excluding carboxylic acids is 1. The average molecular weight is 296 g/mol. The Morgan fingerprint density at radius 1 is 1.32 bits per heavy atom. The van der Waals surface area contributed by atoms with Crippen LogP contribution in [0.15, 0.2) is 28.6 Å². The molecule has 1 aromatic carbocycles. The largest absolute Gasteiger partial charge is 0.462 e. The number of aryl methyl sites for hydroxylation is 2. The Balaban J connectivity index is 2.59. The number of H-pyrrole nitrogens is 1. The molecular weight excluding hydrogens is 280 g/mol. The van der Waals surface area contributed by atoms with Gasteiger partial charge in [-0.3, -0.25) is 4.79 Å². The fraction of sp³-hybridized carbons (Fsp3) is 0.235. The van der Waals surface area contributed by atoms with Crippen molar-refractivity contribution in [2.75, 3.05) is 6.61 Å². The quantitative estimate of drug-likeness (QED) is 0.536. The van der Waals surface area contributed by atoms with Crippen molar-refractivity contribution >= 4 is 22.9 Å². The van der Waals surface area contributed by atoms with E-state index < -0.39 is 5.97 Å². The number of ether oxygens (including phenoxy) is 1. The van der Waals surface area contributed by atoms with Gasteiger partial charge in [-0.1, -0.05) is 0 Å². The van der Waals surface area contributed by atoms with E-state index in [1.165, 1.54) is 6.08 Å². The summed E-state index contributed by atoms with van der Waals surface area (Å²) in [5, 5.41) is 9.88. The van der Waals surface area contributed by atoms with Gasteiger partial charge in [-0.2, -0.15) is 5.26 Å². The molecule has 0 amide bonds. The van der Waals surface area contributed by atoms with E-state index in [0.29, 0.717) is 0 Å². The Labute approximate surface area is 127 Å². The number of nitrogens with zero attached hydrogens (tertiary/aromatic N) is 1. The molecule has 0 fully saturated rings. The third kappa shape index (κ3) is 3.07. The van der Waals surface area contributed by atoms with Crippen molar-refractivity contribution in [1.82, 2.24) is 4.98 Å². The number of hydrogen-bond donors (Lipinski definition) is 1. The molecule has 22 heavy (non-hydrogen) atoms. The molecule has 0 bridgehead atoms. The van der Waals surface area contributed by atoms with Crippen molar-refractivity contribution in [3.63, 3.8) is 0 Å². The number of nitriles is 1. The fourth-order valence-electron chi connectivity index (χ4n) is 2.10. The lowest BCUT2D eigenvalue weighted by Gasteiger charge is -2.05. The molecular formula is C17H16N2O3. The van der Waals surface area contributed by atoms with Crippen LogP contribution in [-0.2, 0) is 9.53 Å². The van der Waals surface area contributed by atoms with Crippen molar-refractivity contribution in [2.45, 2.75) is 20.8 Å². The van der Waals surface area contributed by atoms with Crippen LogP contribution >= 0.6 is 0 Å². The van der Waals surface area contributed by atoms with Gasteiger partial charge in [0.1, 0.15) is 11.6 Å². The second-order valence-electron chi connectivity index (χ2n) is 4.97. The standard InChI is InChI=1S/C17H16N2O3/c1-4-22-17(21)14(9-18)8-13-7-12-5-10(2)11(3)6-15(12)19-16(13)20/h5-8H,4H2,1-3H3,(H,19,20)/b14-8+. The molecule has 0 unspecified atom stereocenters. The van der Waals surface area contributed by atoms with Crippen LogP contribution in [0.3, 0.4) is 0 Å². The molecule has 1 aromatic heterocycles. The van der Waals surface area contributed by atoms with Gasteiger partial charge in [0.15, 0.2) is 0 Å². The lowest BCUT2D eigenvalue weighted by molar-refractivity contribution is -0.137. The second-order valence-corrected chi connectivity index (χ2v) is 4.97. The van der Waals surface area contributed by atoms with E-state index >= 15 is 0 Å². The van der Waals surface area contributed by atoms with Crippen LogP contribution in [-0.4, -0.2) is 17.6 Å². The van der Waals surface area contributed by atoms with Crippen molar-refractivity contribution in [3.8, 4) is 6.07 Å². The first-order chi connectivity index (χ1) is 10.5. The molecule has 2 aromatic rings. The zero-order valence-corrected chi connectivity index (χ0v) is 12.7. The number of fused-ring (bicyclic) bond motifs is 1. The third-order valence-corrected chi connectivity index (χ3v) is 3.40. The zero-order chi connectivity index (χ0) is 16.3. The van der Waals surface area contributed by atoms with Gasteiger partial charge in [0, 0.05) is 11.1 Å². The van der Waals surface area contributed by atoms with E-state index in [0.717, 1.165) is 22.0 Å². The predicted octanol–water partition coefficient (Wildman–Crippen LogP) is 2.62. The Bertz CT molecular complexity index is 870. The first-order valence-corrected chi connectivity index (χ1v) is 6.89. The van der Waals surface area contributed by atoms with E-state index in [1.54, 1.807) is 19.1 Å². The van der Waals surface area contributed by atoms with Gasteiger partial charge in [0.25, 0.3) is 5.56 Å². The van der Waals surface area contributed by atoms with Crippen LogP contribution in [0, 0.1) is 25.2 Å². The van der Waals surface area contributed by atoms with Crippen LogP contribution < -0.4 is 5.56 Å². The van der Waals surface area contributed by atoms with E-state index in [-0.39, 0.29) is 23.3 Å². The maximum absolute atomic E-state index is 12.1. The molecule has 0 saturated heterocycles. The Hall–Kier alpha value is -2.87. The molecule has 0 atom stereocenters. The number of carbonyl (C=O) groups is 1. The summed E-state index contributed by atoms with van der Waals surface area (Å²) in [7, 11) is 0. The number of aromatic nitrogens is 1. The summed E-state index contributed by atoms with van der Waals surface area (Å²) in [6.45, 7) is 5.77. The number of pyridine rings is 1. The number of nitrogens with one attached hydrogen (secondary N) is 1. The Morgan fingerprint density at radius 3 is 2.64 bits per heavy atom. The highest BCUT2D eigenvalue weighted by molar-refractivity contribution is 5.98. The molecule has 2 rings (SSSR count). The third-order valence-electron chi connectivity index (χ3n) is 3.40. The minimum atomic E-state index is -0.732. The molecule has 0 radical (unpaired) electrons. The van der Waals surface area contributed by atoms with Crippen molar-refractivity contribution in [2.24, 2.45) is 0 Å². The van der Waals surface area contributed by atoms with E-state index in [2.05, 4.69) is 4.98 Å². The summed E-state index contributed by atoms with van der Waals surface area (Å²) < 4.78 is 4.79. The predicted molar refractivity (Wildman–Crippen MR) is 84.3 cm³/mol. The van der Waals surface area contributed by atoms with Gasteiger partial charge in [-0.15, -0.1) is 0 Å². The Morgan fingerprint density at radius 2 is 2.00 bits per heavy atom.